The third-order valence-corrected chi connectivity index (χ3v) is 12.8. The van der Waals surface area contributed by atoms with Crippen LogP contribution in [0.2, 0.25) is 0 Å². The third-order valence-electron chi connectivity index (χ3n) is 12.8. The quantitative estimate of drug-likeness (QED) is 0.202. The first kappa shape index (κ1) is 37.3. The van der Waals surface area contributed by atoms with E-state index in [1.165, 1.54) is 0 Å². The summed E-state index contributed by atoms with van der Waals surface area (Å²) in [6.45, 7) is 15.9. The average molecular weight is 691 g/mol. The van der Waals surface area contributed by atoms with Gasteiger partial charge >= 0.3 is 0 Å². The van der Waals surface area contributed by atoms with Crippen molar-refractivity contribution in [2.45, 2.75) is 108 Å². The Kier molecular flexibility index (Phi) is 13.3. The summed E-state index contributed by atoms with van der Waals surface area (Å²) in [5.74, 6) is 1.89. The van der Waals surface area contributed by atoms with Crippen molar-refractivity contribution in [3.05, 3.63) is 0 Å². The molecule has 0 radical (unpaired) electrons. The van der Waals surface area contributed by atoms with Gasteiger partial charge in [0.15, 0.2) is 0 Å². The molecule has 49 heavy (non-hydrogen) atoms. The fourth-order valence-corrected chi connectivity index (χ4v) is 9.52. The zero-order valence-corrected chi connectivity index (χ0v) is 30.7. The molecule has 5 aliphatic heterocycles. The van der Waals surface area contributed by atoms with Crippen LogP contribution < -0.4 is 21.3 Å². The smallest absolute Gasteiger partial charge is 0.223 e. The SMILES string of the molecule is CC(=O)N1CCC(NC2CC(C(=O)NC[C@H](O)CN3CCC4C(CCC(OCC5OCNC5C)C4C)C3)CC(N3CCN(C)CC3)N2)CC1. The van der Waals surface area contributed by atoms with Crippen LogP contribution >= 0.6 is 0 Å². The number of piperidine rings is 3. The molecule has 0 aromatic heterocycles. The van der Waals surface area contributed by atoms with Crippen molar-refractivity contribution in [3.63, 3.8) is 0 Å². The Hall–Kier alpha value is -1.42. The molecular formula is C36H66N8O5. The monoisotopic (exact) mass is 691 g/mol. The normalized spacial score (nSPS) is 37.9. The summed E-state index contributed by atoms with van der Waals surface area (Å²) in [5.41, 5.74) is 0. The minimum Gasteiger partial charge on any atom is -0.390 e. The molecule has 10 atom stereocenters. The number of fused-ring (bicyclic) bond motifs is 1. The fraction of sp³-hybridized carbons (Fsp3) is 0.944. The molecule has 5 heterocycles. The number of carbonyl (C=O) groups excluding carboxylic acids is 2. The molecule has 13 heteroatoms. The number of carbonyl (C=O) groups is 2. The van der Waals surface area contributed by atoms with Crippen LogP contribution in [0.5, 0.6) is 0 Å². The van der Waals surface area contributed by atoms with Crippen molar-refractivity contribution in [3.8, 4) is 0 Å². The molecular weight excluding hydrogens is 624 g/mol. The summed E-state index contributed by atoms with van der Waals surface area (Å²) in [6, 6.07) is 0.666. The van der Waals surface area contributed by atoms with Crippen LogP contribution in [0.25, 0.3) is 0 Å². The van der Waals surface area contributed by atoms with Crippen molar-refractivity contribution in [2.75, 3.05) is 85.8 Å². The van der Waals surface area contributed by atoms with E-state index in [1.54, 1.807) is 6.92 Å². The Morgan fingerprint density at radius 2 is 1.78 bits per heavy atom. The van der Waals surface area contributed by atoms with Crippen molar-refractivity contribution in [2.24, 2.45) is 23.7 Å². The second-order valence-corrected chi connectivity index (χ2v) is 16.2. The van der Waals surface area contributed by atoms with Gasteiger partial charge in [-0.2, -0.15) is 0 Å². The van der Waals surface area contributed by atoms with Gasteiger partial charge < -0.3 is 34.6 Å². The van der Waals surface area contributed by atoms with Gasteiger partial charge in [0.05, 0.1) is 44.0 Å². The van der Waals surface area contributed by atoms with E-state index in [0.717, 1.165) is 97.3 Å². The van der Waals surface area contributed by atoms with Crippen LogP contribution in [0, 0.1) is 23.7 Å². The van der Waals surface area contributed by atoms with Crippen LogP contribution in [0.4, 0.5) is 0 Å². The summed E-state index contributed by atoms with van der Waals surface area (Å²) in [5, 5.41) is 25.2. The maximum absolute atomic E-state index is 13.7. The van der Waals surface area contributed by atoms with Gasteiger partial charge in [0.1, 0.15) is 0 Å². The van der Waals surface area contributed by atoms with E-state index in [2.05, 4.69) is 56.9 Å². The zero-order valence-electron chi connectivity index (χ0n) is 30.7. The minimum atomic E-state index is -0.588. The number of β-amino-alcohol motifs (C(OH)–C–C–N with tert-alkyl or cyclic N) is 1. The highest BCUT2D eigenvalue weighted by Gasteiger charge is 2.42. The van der Waals surface area contributed by atoms with Crippen molar-refractivity contribution < 1.29 is 24.2 Å². The number of amides is 2. The number of nitrogens with zero attached hydrogens (tertiary/aromatic N) is 4. The molecule has 0 aromatic carbocycles. The van der Waals surface area contributed by atoms with E-state index >= 15 is 0 Å². The molecule has 280 valence electrons. The number of ether oxygens (including phenoxy) is 2. The molecule has 1 aliphatic carbocycles. The molecule has 5 N–H and O–H groups in total. The first-order valence-electron chi connectivity index (χ1n) is 19.5. The second-order valence-electron chi connectivity index (χ2n) is 16.2. The molecule has 6 aliphatic rings. The zero-order chi connectivity index (χ0) is 34.5. The summed E-state index contributed by atoms with van der Waals surface area (Å²) in [6.07, 6.45) is 6.76. The van der Waals surface area contributed by atoms with Gasteiger partial charge in [0, 0.05) is 83.8 Å². The maximum atomic E-state index is 13.7. The summed E-state index contributed by atoms with van der Waals surface area (Å²) >= 11 is 0. The molecule has 9 unspecified atom stereocenters. The van der Waals surface area contributed by atoms with E-state index in [4.69, 9.17) is 9.47 Å². The van der Waals surface area contributed by atoms with Crippen molar-refractivity contribution in [1.29, 1.82) is 0 Å². The number of likely N-dealkylation sites (tertiary alicyclic amines) is 2. The van der Waals surface area contributed by atoms with E-state index in [1.807, 2.05) is 4.90 Å². The number of hydrogen-bond donors (Lipinski definition) is 5. The Labute approximate surface area is 294 Å². The highest BCUT2D eigenvalue weighted by molar-refractivity contribution is 5.78. The van der Waals surface area contributed by atoms with Gasteiger partial charge in [0.25, 0.3) is 0 Å². The van der Waals surface area contributed by atoms with Crippen LogP contribution in [-0.4, -0.2) is 165 Å². The first-order valence-corrected chi connectivity index (χ1v) is 19.5. The number of rotatable bonds is 11. The predicted molar refractivity (Wildman–Crippen MR) is 188 cm³/mol. The van der Waals surface area contributed by atoms with Crippen LogP contribution in [0.15, 0.2) is 0 Å². The van der Waals surface area contributed by atoms with E-state index < -0.39 is 6.10 Å². The predicted octanol–water partition coefficient (Wildman–Crippen LogP) is 0.0508. The lowest BCUT2D eigenvalue weighted by Crippen LogP contribution is -2.64. The Morgan fingerprint density at radius 1 is 1.00 bits per heavy atom. The molecule has 2 amide bonds. The maximum Gasteiger partial charge on any atom is 0.223 e. The summed E-state index contributed by atoms with van der Waals surface area (Å²) < 4.78 is 12.2. The van der Waals surface area contributed by atoms with Crippen molar-refractivity contribution in [1.82, 2.24) is 40.9 Å². The second kappa shape index (κ2) is 17.4. The number of nitrogens with one attached hydrogen (secondary N) is 4. The van der Waals surface area contributed by atoms with Gasteiger partial charge in [0.2, 0.25) is 11.8 Å². The van der Waals surface area contributed by atoms with Crippen LogP contribution in [0.3, 0.4) is 0 Å². The van der Waals surface area contributed by atoms with Gasteiger partial charge in [-0.15, -0.1) is 0 Å². The van der Waals surface area contributed by atoms with E-state index in [0.29, 0.717) is 55.8 Å². The fourth-order valence-electron chi connectivity index (χ4n) is 9.52. The molecule has 13 nitrogen and oxygen atoms in total. The summed E-state index contributed by atoms with van der Waals surface area (Å²) in [4.78, 5) is 34.7. The highest BCUT2D eigenvalue weighted by Crippen LogP contribution is 2.41. The van der Waals surface area contributed by atoms with E-state index in [9.17, 15) is 14.7 Å². The number of aliphatic hydroxyl groups is 1. The molecule has 1 saturated carbocycles. The molecule has 5 saturated heterocycles. The molecule has 0 bridgehead atoms. The topological polar surface area (TPSA) is 134 Å². The number of piperazine rings is 1. The molecule has 0 spiro atoms. The molecule has 6 fully saturated rings. The molecule has 0 aromatic rings. The van der Waals surface area contributed by atoms with Gasteiger partial charge in [-0.05, 0) is 83.2 Å². The Bertz CT molecular complexity index is 1070. The number of likely N-dealkylation sites (N-methyl/N-ethyl adjacent to an activating group) is 1. The lowest BCUT2D eigenvalue weighted by atomic mass is 9.68. The number of aliphatic hydroxyl groups excluding tert-OH is 1. The van der Waals surface area contributed by atoms with Gasteiger partial charge in [-0.3, -0.25) is 30.4 Å². The van der Waals surface area contributed by atoms with Crippen LogP contribution in [0.1, 0.15) is 65.7 Å². The lowest BCUT2D eigenvalue weighted by Gasteiger charge is -2.47. The largest absolute Gasteiger partial charge is 0.390 e. The van der Waals surface area contributed by atoms with Crippen molar-refractivity contribution >= 4 is 11.8 Å². The standard InChI is InChI=1S/C36H66N8O5/c1-24-31-9-10-42(20-27(31)5-6-32(24)48-22-33-25(2)38-23-49-33)21-30(46)19-37-36(47)28-17-34(39-29-7-11-43(12-8-29)26(3)45)40-35(18-28)44-15-13-41(4)14-16-44/h24-25,27-35,38-40,46H,5-23H2,1-4H3,(H,37,47)/t24?,25?,27?,28?,30-,31?,32?,33?,34?,35?/m0/s1. The van der Waals surface area contributed by atoms with Gasteiger partial charge in [-0.25, -0.2) is 0 Å². The third kappa shape index (κ3) is 9.92. The Balaban J connectivity index is 0.949. The minimum absolute atomic E-state index is 0.0359. The van der Waals surface area contributed by atoms with E-state index in [-0.39, 0.29) is 42.7 Å². The van der Waals surface area contributed by atoms with Gasteiger partial charge in [-0.1, -0.05) is 6.92 Å². The summed E-state index contributed by atoms with van der Waals surface area (Å²) in [7, 11) is 2.17. The average Bonchev–Trinajstić information content (AvgIpc) is 3.51. The first-order chi connectivity index (χ1) is 23.6. The van der Waals surface area contributed by atoms with Crippen LogP contribution in [-0.2, 0) is 19.1 Å². The highest BCUT2D eigenvalue weighted by atomic mass is 16.6. The Morgan fingerprint density at radius 3 is 2.49 bits per heavy atom. The number of hydrogen-bond acceptors (Lipinski definition) is 11. The molecule has 6 rings (SSSR count). The lowest BCUT2D eigenvalue weighted by molar-refractivity contribution is -0.130.